The second kappa shape index (κ2) is 4.19. The Morgan fingerprint density at radius 3 is 2.76 bits per heavy atom. The fraction of sp³-hybridized carbons (Fsp3) is 0.417. The SMILES string of the molecule is CC(=O)c1cc(F)c(F)c2c1OC(C)(CI)C2. The molecule has 5 heteroatoms. The fourth-order valence-electron chi connectivity index (χ4n) is 1.93. The topological polar surface area (TPSA) is 26.3 Å². The van der Waals surface area contributed by atoms with Gasteiger partial charge >= 0.3 is 0 Å². The van der Waals surface area contributed by atoms with Crippen LogP contribution in [0.4, 0.5) is 8.78 Å². The molecule has 2 rings (SSSR count). The lowest BCUT2D eigenvalue weighted by Gasteiger charge is -2.20. The number of hydrogen-bond acceptors (Lipinski definition) is 2. The third kappa shape index (κ3) is 2.05. The lowest BCUT2D eigenvalue weighted by Crippen LogP contribution is -2.32. The number of Topliss-reactive ketones (excluding diaryl/α,β-unsaturated/α-hetero) is 1. The van der Waals surface area contributed by atoms with Gasteiger partial charge in [-0.05, 0) is 19.9 Å². The van der Waals surface area contributed by atoms with Crippen molar-refractivity contribution in [2.75, 3.05) is 4.43 Å². The van der Waals surface area contributed by atoms with E-state index in [-0.39, 0.29) is 29.1 Å². The van der Waals surface area contributed by atoms with Gasteiger partial charge in [-0.2, -0.15) is 0 Å². The molecule has 1 atom stereocenters. The standard InChI is InChI=1S/C12H11F2IO2/c1-6(16)7-3-9(13)10(14)8-4-12(2,5-15)17-11(7)8/h3H,4-5H2,1-2H3. The Hall–Kier alpha value is -0.720. The van der Waals surface area contributed by atoms with E-state index in [9.17, 15) is 13.6 Å². The molecule has 1 aromatic carbocycles. The van der Waals surface area contributed by atoms with Crippen molar-refractivity contribution in [2.45, 2.75) is 25.9 Å². The first-order chi connectivity index (χ1) is 7.88. The smallest absolute Gasteiger partial charge is 0.165 e. The molecule has 0 saturated heterocycles. The van der Waals surface area contributed by atoms with Gasteiger partial charge in [0.15, 0.2) is 17.4 Å². The minimum Gasteiger partial charge on any atom is -0.485 e. The third-order valence-electron chi connectivity index (χ3n) is 2.83. The van der Waals surface area contributed by atoms with E-state index in [4.69, 9.17) is 4.74 Å². The van der Waals surface area contributed by atoms with Crippen LogP contribution in [0.3, 0.4) is 0 Å². The average molecular weight is 352 g/mol. The molecule has 17 heavy (non-hydrogen) atoms. The van der Waals surface area contributed by atoms with Crippen LogP contribution in [-0.2, 0) is 6.42 Å². The summed E-state index contributed by atoms with van der Waals surface area (Å²) in [4.78, 5) is 11.4. The molecule has 0 spiro atoms. The Labute approximate surface area is 111 Å². The van der Waals surface area contributed by atoms with Crippen LogP contribution < -0.4 is 4.74 Å². The Morgan fingerprint density at radius 1 is 1.59 bits per heavy atom. The number of benzene rings is 1. The molecule has 1 aromatic rings. The van der Waals surface area contributed by atoms with Gasteiger partial charge in [0.05, 0.1) is 5.56 Å². The van der Waals surface area contributed by atoms with Crippen LogP contribution >= 0.6 is 22.6 Å². The molecular formula is C12H11F2IO2. The second-order valence-corrected chi connectivity index (χ2v) is 5.21. The minimum absolute atomic E-state index is 0.118. The third-order valence-corrected chi connectivity index (χ3v) is 4.44. The first-order valence-corrected chi connectivity index (χ1v) is 6.67. The van der Waals surface area contributed by atoms with E-state index in [1.165, 1.54) is 6.92 Å². The molecule has 92 valence electrons. The maximum atomic E-state index is 13.7. The van der Waals surface area contributed by atoms with Gasteiger partial charge in [-0.25, -0.2) is 8.78 Å². The number of alkyl halides is 1. The molecule has 2 nitrogen and oxygen atoms in total. The van der Waals surface area contributed by atoms with E-state index in [1.54, 1.807) is 0 Å². The Morgan fingerprint density at radius 2 is 2.24 bits per heavy atom. The van der Waals surface area contributed by atoms with Crippen molar-refractivity contribution < 1.29 is 18.3 Å². The summed E-state index contributed by atoms with van der Waals surface area (Å²) >= 11 is 2.13. The highest BCUT2D eigenvalue weighted by molar-refractivity contribution is 14.1. The number of hydrogen-bond donors (Lipinski definition) is 0. The molecule has 1 heterocycles. The molecule has 0 N–H and O–H groups in total. The van der Waals surface area contributed by atoms with Gasteiger partial charge in [0.25, 0.3) is 0 Å². The lowest BCUT2D eigenvalue weighted by molar-refractivity contribution is 0.1000. The Balaban J connectivity index is 2.62. The maximum absolute atomic E-state index is 13.7. The van der Waals surface area contributed by atoms with Gasteiger partial charge in [0.1, 0.15) is 11.4 Å². The molecular weight excluding hydrogens is 341 g/mol. The van der Waals surface area contributed by atoms with E-state index in [0.29, 0.717) is 4.43 Å². The van der Waals surface area contributed by atoms with Gasteiger partial charge in [0.2, 0.25) is 0 Å². The number of halogens is 3. The van der Waals surface area contributed by atoms with Gasteiger partial charge in [-0.1, -0.05) is 22.6 Å². The summed E-state index contributed by atoms with van der Waals surface area (Å²) in [6.07, 6.45) is 0.287. The van der Waals surface area contributed by atoms with Crippen molar-refractivity contribution >= 4 is 28.4 Å². The second-order valence-electron chi connectivity index (χ2n) is 4.45. The highest BCUT2D eigenvalue weighted by Crippen LogP contribution is 2.41. The zero-order chi connectivity index (χ0) is 12.8. The molecule has 1 aliphatic heterocycles. The summed E-state index contributed by atoms with van der Waals surface area (Å²) < 4.78 is 33.3. The number of fused-ring (bicyclic) bond motifs is 1. The molecule has 0 bridgehead atoms. The minimum atomic E-state index is -0.991. The van der Waals surface area contributed by atoms with Gasteiger partial charge in [-0.3, -0.25) is 4.79 Å². The number of carbonyl (C=O) groups excluding carboxylic acids is 1. The number of ether oxygens (including phenoxy) is 1. The van der Waals surface area contributed by atoms with Crippen molar-refractivity contribution in [3.8, 4) is 5.75 Å². The van der Waals surface area contributed by atoms with Crippen LogP contribution in [-0.4, -0.2) is 15.8 Å². The predicted octanol–water partition coefficient (Wildman–Crippen LogP) is 3.30. The van der Waals surface area contributed by atoms with Crippen molar-refractivity contribution in [1.29, 1.82) is 0 Å². The van der Waals surface area contributed by atoms with Crippen LogP contribution in [0, 0.1) is 11.6 Å². The highest BCUT2D eigenvalue weighted by atomic mass is 127. The molecule has 0 aromatic heterocycles. The molecule has 0 saturated carbocycles. The average Bonchev–Trinajstić information content (AvgIpc) is 2.62. The van der Waals surface area contributed by atoms with Crippen LogP contribution in [0.5, 0.6) is 5.75 Å². The van der Waals surface area contributed by atoms with E-state index in [1.807, 2.05) is 6.92 Å². The Kier molecular flexibility index (Phi) is 3.14. The lowest BCUT2D eigenvalue weighted by atomic mass is 9.99. The monoisotopic (exact) mass is 352 g/mol. The zero-order valence-electron chi connectivity index (χ0n) is 9.44. The predicted molar refractivity (Wildman–Crippen MR) is 68.0 cm³/mol. The van der Waals surface area contributed by atoms with Crippen molar-refractivity contribution in [3.63, 3.8) is 0 Å². The summed E-state index contributed by atoms with van der Waals surface area (Å²) in [5, 5.41) is 0. The molecule has 0 radical (unpaired) electrons. The van der Waals surface area contributed by atoms with Crippen LogP contribution in [0.1, 0.15) is 29.8 Å². The molecule has 0 amide bonds. The van der Waals surface area contributed by atoms with Crippen LogP contribution in [0.25, 0.3) is 0 Å². The van der Waals surface area contributed by atoms with Gasteiger partial charge in [0, 0.05) is 16.4 Å². The van der Waals surface area contributed by atoms with Crippen molar-refractivity contribution in [1.82, 2.24) is 0 Å². The largest absolute Gasteiger partial charge is 0.485 e. The number of rotatable bonds is 2. The first kappa shape index (κ1) is 12.7. The fourth-order valence-corrected chi connectivity index (χ4v) is 2.35. The first-order valence-electron chi connectivity index (χ1n) is 5.15. The highest BCUT2D eigenvalue weighted by Gasteiger charge is 2.39. The molecule has 1 aliphatic rings. The van der Waals surface area contributed by atoms with E-state index in [2.05, 4.69) is 22.6 Å². The maximum Gasteiger partial charge on any atom is 0.165 e. The van der Waals surface area contributed by atoms with E-state index in [0.717, 1.165) is 6.07 Å². The normalized spacial score (nSPS) is 22.2. The van der Waals surface area contributed by atoms with Crippen LogP contribution in [0.2, 0.25) is 0 Å². The zero-order valence-corrected chi connectivity index (χ0v) is 11.6. The summed E-state index contributed by atoms with van der Waals surface area (Å²) in [6.45, 7) is 3.14. The molecule has 0 aliphatic carbocycles. The summed E-state index contributed by atoms with van der Waals surface area (Å²) in [5.74, 6) is -2.01. The van der Waals surface area contributed by atoms with Crippen LogP contribution in [0.15, 0.2) is 6.07 Å². The van der Waals surface area contributed by atoms with E-state index < -0.39 is 17.2 Å². The number of carbonyl (C=O) groups is 1. The number of ketones is 1. The van der Waals surface area contributed by atoms with Gasteiger partial charge in [-0.15, -0.1) is 0 Å². The van der Waals surface area contributed by atoms with E-state index >= 15 is 0 Å². The van der Waals surface area contributed by atoms with Crippen molar-refractivity contribution in [3.05, 3.63) is 28.8 Å². The summed E-state index contributed by atoms with van der Waals surface area (Å²) in [5.41, 5.74) is -0.274. The summed E-state index contributed by atoms with van der Waals surface area (Å²) in [6, 6.07) is 0.912. The Bertz CT molecular complexity index is 502. The van der Waals surface area contributed by atoms with Crippen molar-refractivity contribution in [2.24, 2.45) is 0 Å². The summed E-state index contributed by atoms with van der Waals surface area (Å²) in [7, 11) is 0. The van der Waals surface area contributed by atoms with Gasteiger partial charge < -0.3 is 4.74 Å². The molecule has 1 unspecified atom stereocenters. The quantitative estimate of drug-likeness (QED) is 0.464. The molecule has 0 fully saturated rings.